The average Bonchev–Trinajstić information content (AvgIpc) is 3.77. The molecule has 1 amide bonds. The standard InChI is InChI=1S/C38H33N7O8S/c39-23-25-4-14-34-32(21-25)27(24-40-34)3-1-2-16-42-17-19-43(20-18-42)30-11-15-35-33(22-30)36(26-5-7-28(8-6-26)44(47)48)37(53-35)38(46)41-54(51,52)31-12-9-29(10-13-31)45(49)50/h4-15,21-22,24,40H,1-3,16-20H2,(H,41,46). The van der Waals surface area contributed by atoms with Crippen LogP contribution in [0.25, 0.3) is 33.0 Å². The number of aryl methyl sites for hydroxylation is 1. The predicted molar refractivity (Wildman–Crippen MR) is 201 cm³/mol. The van der Waals surface area contributed by atoms with Gasteiger partial charge in [0.05, 0.1) is 26.4 Å². The van der Waals surface area contributed by atoms with Gasteiger partial charge in [0.1, 0.15) is 5.58 Å². The first-order valence-electron chi connectivity index (χ1n) is 17.1. The van der Waals surface area contributed by atoms with Crippen molar-refractivity contribution >= 4 is 54.9 Å². The number of nitrogens with zero attached hydrogens (tertiary/aromatic N) is 5. The Bertz CT molecular complexity index is 2550. The second kappa shape index (κ2) is 14.8. The number of unbranched alkanes of at least 4 members (excludes halogenated alkanes) is 1. The molecule has 7 rings (SSSR count). The van der Waals surface area contributed by atoms with Crippen LogP contribution < -0.4 is 9.62 Å². The predicted octanol–water partition coefficient (Wildman–Crippen LogP) is 6.53. The van der Waals surface area contributed by atoms with Crippen molar-refractivity contribution in [2.45, 2.75) is 24.2 Å². The van der Waals surface area contributed by atoms with Crippen LogP contribution in [0.15, 0.2) is 100 Å². The number of aromatic amines is 1. The number of nitriles is 1. The number of aromatic nitrogens is 1. The molecule has 1 aliphatic rings. The van der Waals surface area contributed by atoms with E-state index >= 15 is 0 Å². The Morgan fingerprint density at radius 2 is 1.56 bits per heavy atom. The number of carbonyl (C=O) groups excluding carboxylic acids is 1. The van der Waals surface area contributed by atoms with E-state index in [1.807, 2.05) is 41.3 Å². The molecule has 3 heterocycles. The second-order valence-electron chi connectivity index (χ2n) is 12.9. The summed E-state index contributed by atoms with van der Waals surface area (Å²) >= 11 is 0. The van der Waals surface area contributed by atoms with Gasteiger partial charge in [0.25, 0.3) is 21.4 Å². The minimum absolute atomic E-state index is 0.163. The number of hydrogen-bond donors (Lipinski definition) is 2. The number of fused-ring (bicyclic) bond motifs is 2. The zero-order valence-electron chi connectivity index (χ0n) is 28.7. The van der Waals surface area contributed by atoms with E-state index in [1.165, 1.54) is 29.8 Å². The van der Waals surface area contributed by atoms with Gasteiger partial charge in [-0.25, -0.2) is 13.1 Å². The molecule has 2 aromatic heterocycles. The fourth-order valence-corrected chi connectivity index (χ4v) is 7.74. The summed E-state index contributed by atoms with van der Waals surface area (Å²) in [5.74, 6) is -1.39. The van der Waals surface area contributed by atoms with E-state index in [1.54, 1.807) is 6.07 Å². The number of amides is 1. The summed E-state index contributed by atoms with van der Waals surface area (Å²) in [6, 6.07) is 22.9. The molecule has 2 N–H and O–H groups in total. The first-order valence-corrected chi connectivity index (χ1v) is 18.6. The maximum atomic E-state index is 13.6. The third kappa shape index (κ3) is 7.35. The molecule has 0 aliphatic carbocycles. The summed E-state index contributed by atoms with van der Waals surface area (Å²) in [5.41, 5.74) is 4.24. The largest absolute Gasteiger partial charge is 0.450 e. The van der Waals surface area contributed by atoms with Gasteiger partial charge in [-0.3, -0.25) is 29.9 Å². The van der Waals surface area contributed by atoms with Crippen LogP contribution in [0.4, 0.5) is 17.1 Å². The molecule has 1 aliphatic heterocycles. The normalized spacial score (nSPS) is 13.6. The summed E-state index contributed by atoms with van der Waals surface area (Å²) in [7, 11) is -4.46. The molecule has 54 heavy (non-hydrogen) atoms. The van der Waals surface area contributed by atoms with Crippen molar-refractivity contribution in [3.63, 3.8) is 0 Å². The first-order chi connectivity index (χ1) is 26.0. The van der Waals surface area contributed by atoms with E-state index < -0.39 is 25.8 Å². The highest BCUT2D eigenvalue weighted by Crippen LogP contribution is 2.38. The van der Waals surface area contributed by atoms with Crippen LogP contribution in [0.1, 0.15) is 34.5 Å². The Balaban J connectivity index is 1.06. The molecule has 15 nitrogen and oxygen atoms in total. The number of furan rings is 1. The first kappa shape index (κ1) is 35.8. The quantitative estimate of drug-likeness (QED) is 0.0781. The molecular weight excluding hydrogens is 715 g/mol. The molecule has 0 saturated carbocycles. The zero-order chi connectivity index (χ0) is 38.0. The van der Waals surface area contributed by atoms with Crippen molar-refractivity contribution < 1.29 is 27.5 Å². The number of anilines is 1. The lowest BCUT2D eigenvalue weighted by Gasteiger charge is -2.36. The minimum Gasteiger partial charge on any atom is -0.450 e. The number of nitro groups is 2. The van der Waals surface area contributed by atoms with Crippen molar-refractivity contribution in [1.82, 2.24) is 14.6 Å². The summed E-state index contributed by atoms with van der Waals surface area (Å²) in [6.07, 6.45) is 4.97. The van der Waals surface area contributed by atoms with E-state index in [-0.39, 0.29) is 27.6 Å². The molecule has 4 aromatic carbocycles. The molecule has 1 fully saturated rings. The van der Waals surface area contributed by atoms with Crippen LogP contribution >= 0.6 is 0 Å². The topological polar surface area (TPSA) is 209 Å². The zero-order valence-corrected chi connectivity index (χ0v) is 29.5. The molecule has 0 spiro atoms. The second-order valence-corrected chi connectivity index (χ2v) is 14.6. The monoisotopic (exact) mass is 747 g/mol. The number of nitrogens with one attached hydrogen (secondary N) is 2. The van der Waals surface area contributed by atoms with Crippen molar-refractivity contribution in [2.75, 3.05) is 37.6 Å². The van der Waals surface area contributed by atoms with Gasteiger partial charge in [-0.2, -0.15) is 5.26 Å². The molecular formula is C38H33N7O8S. The van der Waals surface area contributed by atoms with Gasteiger partial charge in [-0.05, 0) is 97.6 Å². The van der Waals surface area contributed by atoms with Crippen molar-refractivity contribution in [3.8, 4) is 17.2 Å². The smallest absolute Gasteiger partial charge is 0.301 e. The maximum absolute atomic E-state index is 13.6. The number of hydrogen-bond acceptors (Lipinski definition) is 11. The molecule has 1 saturated heterocycles. The molecule has 0 unspecified atom stereocenters. The van der Waals surface area contributed by atoms with E-state index in [0.29, 0.717) is 22.1 Å². The van der Waals surface area contributed by atoms with Crippen LogP contribution in [-0.2, 0) is 16.4 Å². The lowest BCUT2D eigenvalue weighted by molar-refractivity contribution is -0.385. The molecule has 16 heteroatoms. The SMILES string of the molecule is N#Cc1ccc2[nH]cc(CCCCN3CCN(c4ccc5oc(C(=O)NS(=O)(=O)c6ccc([N+](=O)[O-])cc6)c(-c6ccc([N+](=O)[O-])cc6)c5c4)CC3)c2c1. The van der Waals surface area contributed by atoms with E-state index in [2.05, 4.69) is 20.9 Å². The van der Waals surface area contributed by atoms with Gasteiger partial charge in [0.15, 0.2) is 0 Å². The van der Waals surface area contributed by atoms with E-state index in [0.717, 1.165) is 92.8 Å². The number of piperazine rings is 1. The maximum Gasteiger partial charge on any atom is 0.301 e. The molecule has 274 valence electrons. The van der Waals surface area contributed by atoms with Crippen molar-refractivity contribution in [1.29, 1.82) is 5.26 Å². The highest BCUT2D eigenvalue weighted by atomic mass is 32.2. The van der Waals surface area contributed by atoms with Gasteiger partial charge < -0.3 is 14.3 Å². The summed E-state index contributed by atoms with van der Waals surface area (Å²) in [5, 5.41) is 33.3. The van der Waals surface area contributed by atoms with E-state index in [4.69, 9.17) is 4.42 Å². The molecule has 0 bridgehead atoms. The van der Waals surface area contributed by atoms with Gasteiger partial charge in [0.2, 0.25) is 5.76 Å². The third-order valence-electron chi connectivity index (χ3n) is 9.63. The Morgan fingerprint density at radius 1 is 0.870 bits per heavy atom. The lowest BCUT2D eigenvalue weighted by atomic mass is 10.0. The Hall–Kier alpha value is -6.57. The van der Waals surface area contributed by atoms with E-state index in [9.17, 15) is 38.7 Å². The van der Waals surface area contributed by atoms with Gasteiger partial charge in [-0.15, -0.1) is 0 Å². The van der Waals surface area contributed by atoms with Crippen LogP contribution in [-0.4, -0.2) is 66.8 Å². The van der Waals surface area contributed by atoms with Gasteiger partial charge in [-0.1, -0.05) is 0 Å². The highest BCUT2D eigenvalue weighted by molar-refractivity contribution is 7.90. The fourth-order valence-electron chi connectivity index (χ4n) is 6.79. The van der Waals surface area contributed by atoms with Crippen molar-refractivity contribution in [2.24, 2.45) is 0 Å². The Kier molecular flexibility index (Phi) is 9.83. The summed E-state index contributed by atoms with van der Waals surface area (Å²) < 4.78 is 34.2. The van der Waals surface area contributed by atoms with Crippen molar-refractivity contribution in [3.05, 3.63) is 128 Å². The minimum atomic E-state index is -4.46. The Labute approximate surface area is 308 Å². The number of non-ortho nitro benzene ring substituents is 2. The van der Waals surface area contributed by atoms with Gasteiger partial charge >= 0.3 is 5.91 Å². The van der Waals surface area contributed by atoms with Crippen LogP contribution in [0, 0.1) is 31.6 Å². The van der Waals surface area contributed by atoms with Crippen LogP contribution in [0.5, 0.6) is 0 Å². The number of rotatable bonds is 12. The highest BCUT2D eigenvalue weighted by Gasteiger charge is 2.28. The number of carbonyl (C=O) groups is 1. The Morgan fingerprint density at radius 3 is 2.22 bits per heavy atom. The molecule has 0 radical (unpaired) electrons. The fraction of sp³-hybridized carbons (Fsp3) is 0.211. The summed E-state index contributed by atoms with van der Waals surface area (Å²) in [6.45, 7) is 4.12. The molecule has 6 aromatic rings. The third-order valence-corrected chi connectivity index (χ3v) is 11.0. The number of sulfonamides is 1. The van der Waals surface area contributed by atoms with Gasteiger partial charge in [0, 0.05) is 84.2 Å². The number of benzene rings is 4. The number of nitro benzene ring substituents is 2. The molecule has 0 atom stereocenters. The van der Waals surface area contributed by atoms with Crippen LogP contribution in [0.3, 0.4) is 0 Å². The number of H-pyrrole nitrogens is 1. The average molecular weight is 748 g/mol. The lowest BCUT2D eigenvalue weighted by Crippen LogP contribution is -2.46. The van der Waals surface area contributed by atoms with Crippen LogP contribution in [0.2, 0.25) is 0 Å². The summed E-state index contributed by atoms with van der Waals surface area (Å²) in [4.78, 5) is 42.4.